The van der Waals surface area contributed by atoms with Crippen LogP contribution in [0.3, 0.4) is 0 Å². The minimum absolute atomic E-state index is 0.159. The maximum atomic E-state index is 5.75. The molecule has 0 spiro atoms. The van der Waals surface area contributed by atoms with Crippen molar-refractivity contribution >= 4 is 0 Å². The molecule has 1 aromatic rings. The minimum Gasteiger partial charge on any atom is -0.493 e. The summed E-state index contributed by atoms with van der Waals surface area (Å²) >= 11 is 0. The molecule has 1 fully saturated rings. The fourth-order valence-corrected chi connectivity index (χ4v) is 3.10. The number of rotatable bonds is 7. The predicted octanol–water partition coefficient (Wildman–Crippen LogP) is 4.01. The highest BCUT2D eigenvalue weighted by molar-refractivity contribution is 5.43. The van der Waals surface area contributed by atoms with E-state index in [1.807, 2.05) is 19.9 Å². The van der Waals surface area contributed by atoms with Gasteiger partial charge >= 0.3 is 0 Å². The Morgan fingerprint density at radius 3 is 2.67 bits per heavy atom. The summed E-state index contributed by atoms with van der Waals surface area (Å²) in [5.74, 6) is 3.35. The van der Waals surface area contributed by atoms with Gasteiger partial charge in [0.25, 0.3) is 0 Å². The van der Waals surface area contributed by atoms with Crippen molar-refractivity contribution < 1.29 is 9.47 Å². The second kappa shape index (κ2) is 7.69. The second-order valence-electron chi connectivity index (χ2n) is 6.45. The average Bonchev–Trinajstić information content (AvgIpc) is 2.85. The maximum Gasteiger partial charge on any atom is 0.161 e. The Morgan fingerprint density at radius 1 is 1.24 bits per heavy atom. The molecule has 1 aliphatic carbocycles. The van der Waals surface area contributed by atoms with Gasteiger partial charge in [0, 0.05) is 6.54 Å². The molecule has 0 saturated heterocycles. The fraction of sp³-hybridized carbons (Fsp3) is 0.667. The minimum atomic E-state index is 0.159. The first-order valence-corrected chi connectivity index (χ1v) is 8.14. The molecule has 1 N–H and O–H groups in total. The van der Waals surface area contributed by atoms with Crippen LogP contribution >= 0.6 is 0 Å². The Bertz CT molecular complexity index is 445. The van der Waals surface area contributed by atoms with Crippen molar-refractivity contribution in [1.29, 1.82) is 0 Å². The Hall–Kier alpha value is -1.22. The highest BCUT2D eigenvalue weighted by Crippen LogP contribution is 2.31. The van der Waals surface area contributed by atoms with Crippen LogP contribution in [0.15, 0.2) is 18.2 Å². The zero-order chi connectivity index (χ0) is 15.2. The first-order valence-electron chi connectivity index (χ1n) is 8.14. The second-order valence-corrected chi connectivity index (χ2v) is 6.45. The zero-order valence-corrected chi connectivity index (χ0v) is 13.8. The molecule has 0 radical (unpaired) electrons. The lowest BCUT2D eigenvalue weighted by atomic mass is 9.98. The number of ether oxygens (including phenoxy) is 2. The van der Waals surface area contributed by atoms with Crippen molar-refractivity contribution in [2.24, 2.45) is 11.8 Å². The van der Waals surface area contributed by atoms with Gasteiger partial charge in [-0.3, -0.25) is 0 Å². The zero-order valence-electron chi connectivity index (χ0n) is 13.8. The SMILES string of the molecule is COc1cc(CNCC2CCCC2C)ccc1OC(C)C. The number of nitrogens with one attached hydrogen (secondary N) is 1. The molecule has 0 heterocycles. The maximum absolute atomic E-state index is 5.75. The van der Waals surface area contributed by atoms with Crippen LogP contribution in [0, 0.1) is 11.8 Å². The van der Waals surface area contributed by atoms with Gasteiger partial charge in [-0.15, -0.1) is 0 Å². The molecule has 2 unspecified atom stereocenters. The van der Waals surface area contributed by atoms with Crippen LogP contribution in [0.5, 0.6) is 11.5 Å². The van der Waals surface area contributed by atoms with E-state index in [9.17, 15) is 0 Å². The standard InChI is InChI=1S/C18H29NO2/c1-13(2)21-17-9-8-15(10-18(17)20-4)11-19-12-16-7-5-6-14(16)3/h8-10,13-14,16,19H,5-7,11-12H2,1-4H3. The van der Waals surface area contributed by atoms with Crippen LogP contribution in [-0.4, -0.2) is 19.8 Å². The molecule has 0 aromatic heterocycles. The van der Waals surface area contributed by atoms with Crippen LogP contribution in [0.1, 0.15) is 45.6 Å². The lowest BCUT2D eigenvalue weighted by molar-refractivity contribution is 0.230. The number of hydrogen-bond donors (Lipinski definition) is 1. The van der Waals surface area contributed by atoms with Gasteiger partial charge in [0.1, 0.15) is 0 Å². The molecule has 3 heteroatoms. The van der Waals surface area contributed by atoms with Gasteiger partial charge < -0.3 is 14.8 Å². The molecule has 1 aliphatic rings. The summed E-state index contributed by atoms with van der Waals surface area (Å²) in [7, 11) is 1.69. The Balaban J connectivity index is 1.88. The van der Waals surface area contributed by atoms with Crippen LogP contribution in [0.2, 0.25) is 0 Å². The van der Waals surface area contributed by atoms with Crippen LogP contribution in [-0.2, 0) is 6.54 Å². The van der Waals surface area contributed by atoms with E-state index in [0.717, 1.165) is 36.4 Å². The summed E-state index contributed by atoms with van der Waals surface area (Å²) in [5, 5.41) is 3.59. The van der Waals surface area contributed by atoms with Crippen molar-refractivity contribution in [2.45, 2.75) is 52.7 Å². The van der Waals surface area contributed by atoms with E-state index < -0.39 is 0 Å². The summed E-state index contributed by atoms with van der Waals surface area (Å²) in [6.07, 6.45) is 4.31. The Labute approximate surface area is 129 Å². The fourth-order valence-electron chi connectivity index (χ4n) is 3.10. The number of hydrogen-bond acceptors (Lipinski definition) is 3. The summed E-state index contributed by atoms with van der Waals surface area (Å²) in [6, 6.07) is 6.20. The third-order valence-corrected chi connectivity index (χ3v) is 4.37. The van der Waals surface area contributed by atoms with E-state index in [-0.39, 0.29) is 6.10 Å². The molecule has 3 nitrogen and oxygen atoms in total. The molecule has 21 heavy (non-hydrogen) atoms. The Kier molecular flexibility index (Phi) is 5.92. The number of methoxy groups -OCH3 is 1. The van der Waals surface area contributed by atoms with E-state index in [1.54, 1.807) is 7.11 Å². The molecule has 2 rings (SSSR count). The molecule has 0 bridgehead atoms. The number of benzene rings is 1. The third kappa shape index (κ3) is 4.63. The van der Waals surface area contributed by atoms with Gasteiger partial charge in [-0.2, -0.15) is 0 Å². The molecule has 1 saturated carbocycles. The smallest absolute Gasteiger partial charge is 0.161 e. The van der Waals surface area contributed by atoms with E-state index in [1.165, 1.54) is 24.8 Å². The van der Waals surface area contributed by atoms with Gasteiger partial charge in [0.2, 0.25) is 0 Å². The monoisotopic (exact) mass is 291 g/mol. The van der Waals surface area contributed by atoms with Crippen molar-refractivity contribution in [3.05, 3.63) is 23.8 Å². The molecule has 0 amide bonds. The largest absolute Gasteiger partial charge is 0.493 e. The Morgan fingerprint density at radius 2 is 2.05 bits per heavy atom. The highest BCUT2D eigenvalue weighted by Gasteiger charge is 2.22. The molecule has 1 aromatic carbocycles. The van der Waals surface area contributed by atoms with E-state index in [2.05, 4.69) is 24.4 Å². The molecule has 2 atom stereocenters. The average molecular weight is 291 g/mol. The van der Waals surface area contributed by atoms with Crippen molar-refractivity contribution in [3.8, 4) is 11.5 Å². The molecule has 118 valence electrons. The van der Waals surface area contributed by atoms with Crippen LogP contribution in [0.4, 0.5) is 0 Å². The van der Waals surface area contributed by atoms with Crippen LogP contribution in [0.25, 0.3) is 0 Å². The van der Waals surface area contributed by atoms with Crippen molar-refractivity contribution in [3.63, 3.8) is 0 Å². The first-order chi connectivity index (χ1) is 10.1. The summed E-state index contributed by atoms with van der Waals surface area (Å²) in [4.78, 5) is 0. The van der Waals surface area contributed by atoms with Gasteiger partial charge in [0.15, 0.2) is 11.5 Å². The molecule has 0 aliphatic heterocycles. The lowest BCUT2D eigenvalue weighted by Gasteiger charge is -2.17. The van der Waals surface area contributed by atoms with Gasteiger partial charge in [-0.1, -0.05) is 25.8 Å². The van der Waals surface area contributed by atoms with Gasteiger partial charge in [-0.05, 0) is 56.3 Å². The topological polar surface area (TPSA) is 30.5 Å². The summed E-state index contributed by atoms with van der Waals surface area (Å²) in [5.41, 5.74) is 1.24. The van der Waals surface area contributed by atoms with E-state index in [4.69, 9.17) is 9.47 Å². The van der Waals surface area contributed by atoms with E-state index >= 15 is 0 Å². The molecular weight excluding hydrogens is 262 g/mol. The quantitative estimate of drug-likeness (QED) is 0.823. The van der Waals surface area contributed by atoms with E-state index in [0.29, 0.717) is 0 Å². The highest BCUT2D eigenvalue weighted by atomic mass is 16.5. The first kappa shape index (κ1) is 16.2. The third-order valence-electron chi connectivity index (χ3n) is 4.37. The van der Waals surface area contributed by atoms with Gasteiger partial charge in [-0.25, -0.2) is 0 Å². The van der Waals surface area contributed by atoms with Crippen molar-refractivity contribution in [2.75, 3.05) is 13.7 Å². The summed E-state index contributed by atoms with van der Waals surface area (Å²) < 4.78 is 11.2. The van der Waals surface area contributed by atoms with Crippen molar-refractivity contribution in [1.82, 2.24) is 5.32 Å². The summed E-state index contributed by atoms with van der Waals surface area (Å²) in [6.45, 7) is 8.44. The lowest BCUT2D eigenvalue weighted by Crippen LogP contribution is -2.23. The van der Waals surface area contributed by atoms with Gasteiger partial charge in [0.05, 0.1) is 13.2 Å². The normalized spacial score (nSPS) is 21.8. The molecular formula is C18H29NO2. The predicted molar refractivity (Wildman–Crippen MR) is 87.0 cm³/mol. The van der Waals surface area contributed by atoms with Crippen LogP contribution < -0.4 is 14.8 Å².